The summed E-state index contributed by atoms with van der Waals surface area (Å²) in [5.41, 5.74) is 1.29. The van der Waals surface area contributed by atoms with E-state index in [2.05, 4.69) is 0 Å². The number of aliphatic hydroxyl groups is 1. The first kappa shape index (κ1) is 23.9. The van der Waals surface area contributed by atoms with Crippen molar-refractivity contribution in [3.63, 3.8) is 0 Å². The number of rotatable bonds is 6. The molecule has 186 valence electrons. The van der Waals surface area contributed by atoms with Gasteiger partial charge in [-0.05, 0) is 40.6 Å². The van der Waals surface area contributed by atoms with Gasteiger partial charge in [0, 0.05) is 11.8 Å². The van der Waals surface area contributed by atoms with E-state index in [9.17, 15) is 14.7 Å². The molecule has 0 saturated carbocycles. The van der Waals surface area contributed by atoms with Crippen LogP contribution in [0.15, 0.2) is 90.5 Å². The van der Waals surface area contributed by atoms with Gasteiger partial charge in [0.2, 0.25) is 0 Å². The molecule has 0 bridgehead atoms. The van der Waals surface area contributed by atoms with Crippen LogP contribution in [-0.2, 0) is 9.59 Å². The van der Waals surface area contributed by atoms with Crippen LogP contribution in [0.1, 0.15) is 17.2 Å². The van der Waals surface area contributed by atoms with Gasteiger partial charge in [0.15, 0.2) is 0 Å². The van der Waals surface area contributed by atoms with E-state index in [1.54, 1.807) is 42.5 Å². The Bertz CT molecular complexity index is 1530. The molecular weight excluding hydrogens is 470 g/mol. The Morgan fingerprint density at radius 1 is 0.784 bits per heavy atom. The molecule has 4 aromatic carbocycles. The lowest BCUT2D eigenvalue weighted by molar-refractivity contribution is -0.132. The topological polar surface area (TPSA) is 85.3 Å². The Morgan fingerprint density at radius 2 is 1.43 bits per heavy atom. The zero-order chi connectivity index (χ0) is 26.1. The summed E-state index contributed by atoms with van der Waals surface area (Å²) in [5, 5.41) is 13.5. The monoisotopic (exact) mass is 495 g/mol. The molecule has 7 heteroatoms. The quantitative estimate of drug-likeness (QED) is 0.216. The number of nitrogens with zero attached hydrogens (tertiary/aromatic N) is 1. The van der Waals surface area contributed by atoms with Crippen molar-refractivity contribution >= 4 is 33.9 Å². The molecular formula is C30H25NO6. The molecule has 7 nitrogen and oxygen atoms in total. The first-order valence-electron chi connectivity index (χ1n) is 11.6. The number of anilines is 1. The van der Waals surface area contributed by atoms with Gasteiger partial charge in [-0.2, -0.15) is 0 Å². The van der Waals surface area contributed by atoms with E-state index in [1.165, 1.54) is 26.2 Å². The lowest BCUT2D eigenvalue weighted by Crippen LogP contribution is -2.29. The molecule has 1 unspecified atom stereocenters. The maximum atomic E-state index is 13.7. The van der Waals surface area contributed by atoms with Crippen LogP contribution in [0, 0.1) is 0 Å². The van der Waals surface area contributed by atoms with Crippen LogP contribution in [-0.4, -0.2) is 38.1 Å². The molecule has 0 radical (unpaired) electrons. The van der Waals surface area contributed by atoms with Gasteiger partial charge in [-0.15, -0.1) is 0 Å². The molecule has 1 N–H and O–H groups in total. The van der Waals surface area contributed by atoms with Crippen LogP contribution < -0.4 is 19.1 Å². The molecule has 1 fully saturated rings. The van der Waals surface area contributed by atoms with Crippen molar-refractivity contribution in [2.45, 2.75) is 6.04 Å². The lowest BCUT2D eigenvalue weighted by Gasteiger charge is -2.27. The Labute approximate surface area is 214 Å². The third-order valence-corrected chi connectivity index (χ3v) is 6.56. The molecule has 1 aliphatic rings. The number of carbonyl (C=O) groups is 2. The summed E-state index contributed by atoms with van der Waals surface area (Å²) in [6.45, 7) is 0. The van der Waals surface area contributed by atoms with E-state index in [-0.39, 0.29) is 16.9 Å². The molecule has 1 amide bonds. The summed E-state index contributed by atoms with van der Waals surface area (Å²) < 4.78 is 16.3. The number of benzene rings is 4. The SMILES string of the molecule is COc1cccc(N2C(=O)C(=O)/C(=C(/O)c3c(OC)cccc3OC)C2c2cccc3ccccc23)c1. The maximum absolute atomic E-state index is 13.7. The maximum Gasteiger partial charge on any atom is 0.300 e. The summed E-state index contributed by atoms with van der Waals surface area (Å²) >= 11 is 0. The molecule has 1 atom stereocenters. The van der Waals surface area contributed by atoms with Gasteiger partial charge in [0.25, 0.3) is 11.7 Å². The van der Waals surface area contributed by atoms with Crippen molar-refractivity contribution in [3.05, 3.63) is 102 Å². The zero-order valence-corrected chi connectivity index (χ0v) is 20.6. The van der Waals surface area contributed by atoms with Gasteiger partial charge < -0.3 is 19.3 Å². The van der Waals surface area contributed by atoms with E-state index < -0.39 is 17.7 Å². The summed E-state index contributed by atoms with van der Waals surface area (Å²) in [7, 11) is 4.45. The van der Waals surface area contributed by atoms with Crippen LogP contribution in [0.5, 0.6) is 17.2 Å². The highest BCUT2D eigenvalue weighted by atomic mass is 16.5. The fourth-order valence-corrected chi connectivity index (χ4v) is 4.86. The number of ether oxygens (including phenoxy) is 3. The Morgan fingerprint density at radius 3 is 2.14 bits per heavy atom. The van der Waals surface area contributed by atoms with Gasteiger partial charge in [-0.25, -0.2) is 0 Å². The van der Waals surface area contributed by atoms with Crippen molar-refractivity contribution in [3.8, 4) is 17.2 Å². The van der Waals surface area contributed by atoms with Crippen LogP contribution >= 0.6 is 0 Å². The second kappa shape index (κ2) is 9.70. The number of amides is 1. The molecule has 4 aromatic rings. The third kappa shape index (κ3) is 3.94. The fourth-order valence-electron chi connectivity index (χ4n) is 4.86. The van der Waals surface area contributed by atoms with Crippen LogP contribution in [0.4, 0.5) is 5.69 Å². The van der Waals surface area contributed by atoms with E-state index >= 15 is 0 Å². The van der Waals surface area contributed by atoms with Crippen molar-refractivity contribution in [1.82, 2.24) is 0 Å². The highest BCUT2D eigenvalue weighted by molar-refractivity contribution is 6.52. The van der Waals surface area contributed by atoms with Crippen LogP contribution in [0.25, 0.3) is 16.5 Å². The third-order valence-electron chi connectivity index (χ3n) is 6.56. The Hall–Kier alpha value is -4.78. The number of aliphatic hydroxyl groups excluding tert-OH is 1. The highest BCUT2D eigenvalue weighted by Crippen LogP contribution is 2.46. The average molecular weight is 496 g/mol. The minimum absolute atomic E-state index is 0.0630. The van der Waals surface area contributed by atoms with Gasteiger partial charge >= 0.3 is 0 Å². The summed E-state index contributed by atoms with van der Waals surface area (Å²) in [4.78, 5) is 28.7. The number of Topliss-reactive ketones (excluding diaryl/α,β-unsaturated/α-hetero) is 1. The molecule has 1 saturated heterocycles. The fraction of sp³-hybridized carbons (Fsp3) is 0.133. The molecule has 37 heavy (non-hydrogen) atoms. The minimum atomic E-state index is -0.923. The predicted molar refractivity (Wildman–Crippen MR) is 141 cm³/mol. The van der Waals surface area contributed by atoms with Gasteiger partial charge in [0.1, 0.15) is 28.6 Å². The standard InChI is InChI=1S/C30H25NO6/c1-35-20-12-7-11-19(17-20)31-27(22-14-6-10-18-9-4-5-13-21(18)22)26(29(33)30(31)34)28(32)25-23(36-2)15-8-16-24(25)37-3/h4-17,27,32H,1-3H3/b28-26+. The van der Waals surface area contributed by atoms with E-state index in [1.807, 2.05) is 42.5 Å². The van der Waals surface area contributed by atoms with E-state index in [0.29, 0.717) is 28.5 Å². The van der Waals surface area contributed by atoms with Crippen LogP contribution in [0.3, 0.4) is 0 Å². The number of methoxy groups -OCH3 is 3. The summed E-state index contributed by atoms with van der Waals surface area (Å²) in [6, 6.07) is 24.4. The highest BCUT2D eigenvalue weighted by Gasteiger charge is 2.48. The number of carbonyl (C=O) groups excluding carboxylic acids is 2. The summed E-state index contributed by atoms with van der Waals surface area (Å²) in [5.74, 6) is -0.812. The number of hydrogen-bond donors (Lipinski definition) is 1. The van der Waals surface area contributed by atoms with Crippen molar-refractivity contribution < 1.29 is 28.9 Å². The smallest absolute Gasteiger partial charge is 0.300 e. The van der Waals surface area contributed by atoms with Crippen molar-refractivity contribution in [1.29, 1.82) is 0 Å². The second-order valence-electron chi connectivity index (χ2n) is 8.48. The molecule has 5 rings (SSSR count). The van der Waals surface area contributed by atoms with E-state index in [4.69, 9.17) is 14.2 Å². The zero-order valence-electron chi connectivity index (χ0n) is 20.6. The van der Waals surface area contributed by atoms with E-state index in [0.717, 1.165) is 10.8 Å². The molecule has 1 heterocycles. The number of ketones is 1. The lowest BCUT2D eigenvalue weighted by atomic mass is 9.91. The first-order chi connectivity index (χ1) is 18.0. The van der Waals surface area contributed by atoms with Gasteiger partial charge in [-0.3, -0.25) is 14.5 Å². The van der Waals surface area contributed by atoms with Gasteiger partial charge in [-0.1, -0.05) is 54.6 Å². The Kier molecular flexibility index (Phi) is 6.27. The number of hydrogen-bond acceptors (Lipinski definition) is 6. The minimum Gasteiger partial charge on any atom is -0.506 e. The molecule has 1 aliphatic heterocycles. The number of fused-ring (bicyclic) bond motifs is 1. The molecule has 0 aromatic heterocycles. The Balaban J connectivity index is 1.85. The molecule has 0 spiro atoms. The second-order valence-corrected chi connectivity index (χ2v) is 8.48. The predicted octanol–water partition coefficient (Wildman–Crippen LogP) is 5.49. The summed E-state index contributed by atoms with van der Waals surface area (Å²) in [6.07, 6.45) is 0. The van der Waals surface area contributed by atoms with Crippen molar-refractivity contribution in [2.75, 3.05) is 26.2 Å². The normalized spacial score (nSPS) is 16.7. The largest absolute Gasteiger partial charge is 0.506 e. The van der Waals surface area contributed by atoms with Crippen LogP contribution in [0.2, 0.25) is 0 Å². The van der Waals surface area contributed by atoms with Gasteiger partial charge in [0.05, 0.1) is 32.9 Å². The first-order valence-corrected chi connectivity index (χ1v) is 11.6. The van der Waals surface area contributed by atoms with Crippen molar-refractivity contribution in [2.24, 2.45) is 0 Å². The average Bonchev–Trinajstić information content (AvgIpc) is 3.21. The molecule has 0 aliphatic carbocycles.